The molecule has 1 aromatic carbocycles. The highest BCUT2D eigenvalue weighted by Crippen LogP contribution is 2.29. The molecule has 4 atom stereocenters. The summed E-state index contributed by atoms with van der Waals surface area (Å²) in [7, 11) is 0. The van der Waals surface area contributed by atoms with Gasteiger partial charge in [-0.3, -0.25) is 9.59 Å². The van der Waals surface area contributed by atoms with Gasteiger partial charge in [-0.05, 0) is 37.7 Å². The molecular formula is C20H29NO3. The fourth-order valence-electron chi connectivity index (χ4n) is 3.25. The van der Waals surface area contributed by atoms with Crippen LogP contribution in [0.4, 0.5) is 0 Å². The average molecular weight is 331 g/mol. The van der Waals surface area contributed by atoms with Crippen molar-refractivity contribution in [3.63, 3.8) is 0 Å². The predicted octanol–water partition coefficient (Wildman–Crippen LogP) is 3.41. The highest BCUT2D eigenvalue weighted by Gasteiger charge is 2.30. The number of benzene rings is 1. The van der Waals surface area contributed by atoms with Crippen LogP contribution in [0.5, 0.6) is 0 Å². The summed E-state index contributed by atoms with van der Waals surface area (Å²) < 4.78 is 5.30. The SMILES string of the molecule is Cc1ccc(CC(=O)O[C@H](C)C(=O)N[C@H]2CCC[C@H](C)[C@@H]2C)cc1. The Bertz CT molecular complexity index is 567. The molecule has 0 saturated heterocycles. The molecule has 0 unspecified atom stereocenters. The van der Waals surface area contributed by atoms with Gasteiger partial charge in [0, 0.05) is 6.04 Å². The van der Waals surface area contributed by atoms with E-state index in [2.05, 4.69) is 19.2 Å². The highest BCUT2D eigenvalue weighted by molar-refractivity contribution is 5.84. The zero-order chi connectivity index (χ0) is 17.7. The summed E-state index contributed by atoms with van der Waals surface area (Å²) in [6, 6.07) is 7.92. The lowest BCUT2D eigenvalue weighted by Gasteiger charge is -2.35. The van der Waals surface area contributed by atoms with E-state index >= 15 is 0 Å². The second kappa shape index (κ2) is 8.32. The first-order valence-electron chi connectivity index (χ1n) is 8.92. The Labute approximate surface area is 145 Å². The summed E-state index contributed by atoms with van der Waals surface area (Å²) in [5, 5.41) is 3.06. The minimum atomic E-state index is -0.757. The van der Waals surface area contributed by atoms with Crippen molar-refractivity contribution in [2.24, 2.45) is 11.8 Å². The molecular weight excluding hydrogens is 302 g/mol. The molecule has 4 nitrogen and oxygen atoms in total. The van der Waals surface area contributed by atoms with Crippen molar-refractivity contribution in [1.82, 2.24) is 5.32 Å². The zero-order valence-electron chi connectivity index (χ0n) is 15.2. The molecule has 24 heavy (non-hydrogen) atoms. The van der Waals surface area contributed by atoms with Crippen LogP contribution < -0.4 is 5.32 Å². The van der Waals surface area contributed by atoms with Gasteiger partial charge in [-0.2, -0.15) is 0 Å². The molecule has 1 N–H and O–H groups in total. The minimum absolute atomic E-state index is 0.180. The van der Waals surface area contributed by atoms with E-state index < -0.39 is 6.10 Å². The van der Waals surface area contributed by atoms with Gasteiger partial charge in [0.2, 0.25) is 0 Å². The number of amides is 1. The fourth-order valence-corrected chi connectivity index (χ4v) is 3.25. The third-order valence-corrected chi connectivity index (χ3v) is 5.18. The number of esters is 1. The van der Waals surface area contributed by atoms with Gasteiger partial charge in [-0.25, -0.2) is 0 Å². The van der Waals surface area contributed by atoms with Gasteiger partial charge < -0.3 is 10.1 Å². The summed E-state index contributed by atoms with van der Waals surface area (Å²) in [6.07, 6.45) is 2.79. The standard InChI is InChI=1S/C20H29NO3/c1-13-8-10-17(11-9-13)12-19(22)24-16(4)20(23)21-18-7-5-6-14(2)15(18)3/h8-11,14-16,18H,5-7,12H2,1-4H3,(H,21,23)/t14-,15-,16+,18-/m0/s1. The number of carbonyl (C=O) groups is 2. The van der Waals surface area contributed by atoms with Crippen molar-refractivity contribution in [3.8, 4) is 0 Å². The van der Waals surface area contributed by atoms with Gasteiger partial charge in [-0.1, -0.05) is 56.5 Å². The van der Waals surface area contributed by atoms with Crippen molar-refractivity contribution in [2.45, 2.75) is 65.5 Å². The number of nitrogens with one attached hydrogen (secondary N) is 1. The Morgan fingerprint density at radius 3 is 2.54 bits per heavy atom. The number of ether oxygens (including phenoxy) is 1. The van der Waals surface area contributed by atoms with Crippen molar-refractivity contribution in [2.75, 3.05) is 0 Å². The lowest BCUT2D eigenvalue weighted by atomic mass is 9.78. The number of aryl methyl sites for hydroxylation is 1. The minimum Gasteiger partial charge on any atom is -0.452 e. The first kappa shape index (κ1) is 18.5. The van der Waals surface area contributed by atoms with E-state index in [4.69, 9.17) is 4.74 Å². The zero-order valence-corrected chi connectivity index (χ0v) is 15.2. The quantitative estimate of drug-likeness (QED) is 0.841. The van der Waals surface area contributed by atoms with Crippen molar-refractivity contribution >= 4 is 11.9 Å². The number of hydrogen-bond donors (Lipinski definition) is 1. The lowest BCUT2D eigenvalue weighted by Crippen LogP contribution is -2.47. The van der Waals surface area contributed by atoms with Gasteiger partial charge in [0.05, 0.1) is 6.42 Å². The van der Waals surface area contributed by atoms with Crippen LogP contribution >= 0.6 is 0 Å². The maximum absolute atomic E-state index is 12.3. The van der Waals surface area contributed by atoms with Gasteiger partial charge in [-0.15, -0.1) is 0 Å². The lowest BCUT2D eigenvalue weighted by molar-refractivity contribution is -0.154. The molecule has 0 spiro atoms. The second-order valence-electron chi connectivity index (χ2n) is 7.18. The van der Waals surface area contributed by atoms with E-state index in [-0.39, 0.29) is 24.3 Å². The topological polar surface area (TPSA) is 55.4 Å². The van der Waals surface area contributed by atoms with Crippen molar-refractivity contribution < 1.29 is 14.3 Å². The number of hydrogen-bond acceptors (Lipinski definition) is 3. The van der Waals surface area contributed by atoms with Crippen LogP contribution in [0.2, 0.25) is 0 Å². The van der Waals surface area contributed by atoms with Crippen LogP contribution in [-0.2, 0) is 20.7 Å². The number of carbonyl (C=O) groups excluding carboxylic acids is 2. The molecule has 132 valence electrons. The maximum atomic E-state index is 12.3. The van der Waals surface area contributed by atoms with Gasteiger partial charge in [0.25, 0.3) is 5.91 Å². The largest absolute Gasteiger partial charge is 0.452 e. The molecule has 2 rings (SSSR count). The van der Waals surface area contributed by atoms with Gasteiger partial charge in [0.1, 0.15) is 0 Å². The summed E-state index contributed by atoms with van der Waals surface area (Å²) in [5.74, 6) is 0.506. The highest BCUT2D eigenvalue weighted by atomic mass is 16.5. The van der Waals surface area contributed by atoms with Crippen molar-refractivity contribution in [1.29, 1.82) is 0 Å². The third kappa shape index (κ3) is 5.08. The van der Waals surface area contributed by atoms with E-state index in [9.17, 15) is 9.59 Å². The molecule has 1 fully saturated rings. The molecule has 0 aliphatic heterocycles. The van der Waals surface area contributed by atoms with E-state index in [1.807, 2.05) is 31.2 Å². The molecule has 1 aliphatic carbocycles. The molecule has 1 aliphatic rings. The van der Waals surface area contributed by atoms with Crippen LogP contribution in [0.3, 0.4) is 0 Å². The monoisotopic (exact) mass is 331 g/mol. The van der Waals surface area contributed by atoms with E-state index in [1.54, 1.807) is 6.92 Å². The van der Waals surface area contributed by atoms with E-state index in [1.165, 1.54) is 6.42 Å². The predicted molar refractivity (Wildman–Crippen MR) is 94.5 cm³/mol. The van der Waals surface area contributed by atoms with E-state index in [0.29, 0.717) is 11.8 Å². The van der Waals surface area contributed by atoms with E-state index in [0.717, 1.165) is 24.0 Å². The Hall–Kier alpha value is -1.84. The Kier molecular flexibility index (Phi) is 6.41. The molecule has 1 saturated carbocycles. The smallest absolute Gasteiger partial charge is 0.311 e. The summed E-state index contributed by atoms with van der Waals surface area (Å²) in [5.41, 5.74) is 2.05. The Morgan fingerprint density at radius 1 is 1.21 bits per heavy atom. The van der Waals surface area contributed by atoms with Gasteiger partial charge in [0.15, 0.2) is 6.10 Å². The van der Waals surface area contributed by atoms with Crippen LogP contribution in [0.15, 0.2) is 24.3 Å². The first-order valence-corrected chi connectivity index (χ1v) is 8.92. The maximum Gasteiger partial charge on any atom is 0.311 e. The summed E-state index contributed by atoms with van der Waals surface area (Å²) >= 11 is 0. The molecule has 4 heteroatoms. The normalized spacial score (nSPS) is 24.9. The van der Waals surface area contributed by atoms with Gasteiger partial charge >= 0.3 is 5.97 Å². The van der Waals surface area contributed by atoms with Crippen LogP contribution in [0.25, 0.3) is 0 Å². The number of rotatable bonds is 5. The molecule has 0 bridgehead atoms. The first-order chi connectivity index (χ1) is 11.4. The third-order valence-electron chi connectivity index (χ3n) is 5.18. The fraction of sp³-hybridized carbons (Fsp3) is 0.600. The van der Waals surface area contributed by atoms with Crippen LogP contribution in [0, 0.1) is 18.8 Å². The Balaban J connectivity index is 1.82. The average Bonchev–Trinajstić information content (AvgIpc) is 2.54. The molecule has 1 amide bonds. The van der Waals surface area contributed by atoms with Crippen molar-refractivity contribution in [3.05, 3.63) is 35.4 Å². The summed E-state index contributed by atoms with van der Waals surface area (Å²) in [6.45, 7) is 8.05. The molecule has 0 radical (unpaired) electrons. The summed E-state index contributed by atoms with van der Waals surface area (Å²) in [4.78, 5) is 24.3. The van der Waals surface area contributed by atoms with Crippen LogP contribution in [0.1, 0.15) is 51.2 Å². The molecule has 1 aromatic rings. The molecule has 0 heterocycles. The second-order valence-corrected chi connectivity index (χ2v) is 7.18. The van der Waals surface area contributed by atoms with Crippen LogP contribution in [-0.4, -0.2) is 24.0 Å². The molecule has 0 aromatic heterocycles. The Morgan fingerprint density at radius 2 is 1.88 bits per heavy atom.